The molecule has 0 aliphatic carbocycles. The maximum Gasteiger partial charge on any atom is 0.0329 e. The van der Waals surface area contributed by atoms with E-state index in [1.165, 1.54) is 62.7 Å². The van der Waals surface area contributed by atoms with Gasteiger partial charge in [-0.2, -0.15) is 0 Å². The number of aryl methyl sites for hydroxylation is 1. The Morgan fingerprint density at radius 1 is 1.24 bits per heavy atom. The monoisotopic (exact) mass is 288 g/mol. The van der Waals surface area contributed by atoms with Crippen molar-refractivity contribution < 1.29 is 0 Å². The predicted octanol–water partition coefficient (Wildman–Crippen LogP) is 4.30. The van der Waals surface area contributed by atoms with E-state index in [0.717, 1.165) is 6.04 Å². The number of hydrogen-bond donors (Lipinski definition) is 1. The van der Waals surface area contributed by atoms with Gasteiger partial charge in [-0.05, 0) is 51.8 Å². The van der Waals surface area contributed by atoms with Gasteiger partial charge in [-0.15, -0.1) is 0 Å². The Balaban J connectivity index is 1.90. The zero-order valence-corrected chi connectivity index (χ0v) is 14.1. The number of rotatable bonds is 7. The van der Waals surface area contributed by atoms with Crippen molar-refractivity contribution in [1.82, 2.24) is 10.2 Å². The second-order valence-corrected chi connectivity index (χ2v) is 6.51. The molecule has 2 heteroatoms. The van der Waals surface area contributed by atoms with Gasteiger partial charge >= 0.3 is 0 Å². The van der Waals surface area contributed by atoms with Gasteiger partial charge in [-0.1, -0.05) is 49.6 Å². The maximum atomic E-state index is 3.50. The second kappa shape index (κ2) is 8.55. The summed E-state index contributed by atoms with van der Waals surface area (Å²) < 4.78 is 0. The largest absolute Gasteiger partial charge is 0.313 e. The van der Waals surface area contributed by atoms with Crippen LogP contribution in [-0.2, 0) is 0 Å². The standard InChI is InChI=1S/C19H32N2/c1-4-7-18-8-5-6-14-21(18)15-13-19(20-3)17-11-9-16(2)10-12-17/h9-12,18-20H,4-8,13-15H2,1-3H3. The Bertz CT molecular complexity index is 397. The third-order valence-corrected chi connectivity index (χ3v) is 4.90. The van der Waals surface area contributed by atoms with Crippen molar-refractivity contribution in [2.75, 3.05) is 20.1 Å². The quantitative estimate of drug-likeness (QED) is 0.804. The summed E-state index contributed by atoms with van der Waals surface area (Å²) in [5.41, 5.74) is 2.76. The number of benzene rings is 1. The predicted molar refractivity (Wildman–Crippen MR) is 91.7 cm³/mol. The fraction of sp³-hybridized carbons (Fsp3) is 0.684. The van der Waals surface area contributed by atoms with Crippen LogP contribution in [0.5, 0.6) is 0 Å². The molecule has 1 saturated heterocycles. The van der Waals surface area contributed by atoms with Crippen LogP contribution in [0.2, 0.25) is 0 Å². The molecule has 2 rings (SSSR count). The molecule has 1 fully saturated rings. The molecule has 0 bridgehead atoms. The van der Waals surface area contributed by atoms with E-state index in [2.05, 4.69) is 55.4 Å². The number of hydrogen-bond acceptors (Lipinski definition) is 2. The molecule has 118 valence electrons. The Morgan fingerprint density at radius 2 is 2.00 bits per heavy atom. The zero-order valence-electron chi connectivity index (χ0n) is 14.1. The Morgan fingerprint density at radius 3 is 2.67 bits per heavy atom. The molecule has 1 heterocycles. The van der Waals surface area contributed by atoms with Crippen LogP contribution in [0, 0.1) is 6.92 Å². The molecule has 0 spiro atoms. The van der Waals surface area contributed by atoms with Crippen LogP contribution in [0.3, 0.4) is 0 Å². The van der Waals surface area contributed by atoms with Gasteiger partial charge in [0.25, 0.3) is 0 Å². The van der Waals surface area contributed by atoms with Gasteiger partial charge in [0.15, 0.2) is 0 Å². The minimum atomic E-state index is 0.481. The van der Waals surface area contributed by atoms with Crippen molar-refractivity contribution in [2.45, 2.75) is 64.5 Å². The van der Waals surface area contributed by atoms with E-state index >= 15 is 0 Å². The van der Waals surface area contributed by atoms with Crippen molar-refractivity contribution in [1.29, 1.82) is 0 Å². The van der Waals surface area contributed by atoms with Gasteiger partial charge in [0.2, 0.25) is 0 Å². The lowest BCUT2D eigenvalue weighted by Gasteiger charge is -2.36. The highest BCUT2D eigenvalue weighted by molar-refractivity contribution is 5.24. The van der Waals surface area contributed by atoms with Gasteiger partial charge < -0.3 is 10.2 Å². The highest BCUT2D eigenvalue weighted by Gasteiger charge is 2.22. The summed E-state index contributed by atoms with van der Waals surface area (Å²) in [5, 5.41) is 3.50. The molecule has 0 amide bonds. The first kappa shape index (κ1) is 16.5. The Kier molecular flexibility index (Phi) is 6.72. The van der Waals surface area contributed by atoms with E-state index in [1.807, 2.05) is 0 Å². The van der Waals surface area contributed by atoms with Crippen molar-refractivity contribution >= 4 is 0 Å². The van der Waals surface area contributed by atoms with E-state index in [0.29, 0.717) is 6.04 Å². The van der Waals surface area contributed by atoms with E-state index in [1.54, 1.807) is 0 Å². The molecule has 0 radical (unpaired) electrons. The summed E-state index contributed by atoms with van der Waals surface area (Å²) in [6.45, 7) is 7.00. The minimum Gasteiger partial charge on any atom is -0.313 e. The van der Waals surface area contributed by atoms with Crippen LogP contribution < -0.4 is 5.32 Å². The van der Waals surface area contributed by atoms with Gasteiger partial charge in [0, 0.05) is 18.6 Å². The SMILES string of the molecule is CCCC1CCCCN1CCC(NC)c1ccc(C)cc1. The van der Waals surface area contributed by atoms with Crippen molar-refractivity contribution in [3.63, 3.8) is 0 Å². The van der Waals surface area contributed by atoms with Crippen molar-refractivity contribution in [3.05, 3.63) is 35.4 Å². The molecule has 0 saturated carbocycles. The van der Waals surface area contributed by atoms with Crippen LogP contribution >= 0.6 is 0 Å². The summed E-state index contributed by atoms with van der Waals surface area (Å²) in [4.78, 5) is 2.74. The van der Waals surface area contributed by atoms with Crippen LogP contribution in [0.1, 0.15) is 62.6 Å². The highest BCUT2D eigenvalue weighted by atomic mass is 15.2. The van der Waals surface area contributed by atoms with E-state index < -0.39 is 0 Å². The third-order valence-electron chi connectivity index (χ3n) is 4.90. The average molecular weight is 288 g/mol. The Hall–Kier alpha value is -0.860. The van der Waals surface area contributed by atoms with Gasteiger partial charge in [-0.25, -0.2) is 0 Å². The van der Waals surface area contributed by atoms with E-state index in [4.69, 9.17) is 0 Å². The smallest absolute Gasteiger partial charge is 0.0329 e. The Labute approximate surface area is 130 Å². The lowest BCUT2D eigenvalue weighted by molar-refractivity contribution is 0.133. The maximum absolute atomic E-state index is 3.50. The van der Waals surface area contributed by atoms with Gasteiger partial charge in [0.05, 0.1) is 0 Å². The van der Waals surface area contributed by atoms with Crippen molar-refractivity contribution in [2.24, 2.45) is 0 Å². The zero-order chi connectivity index (χ0) is 15.1. The summed E-state index contributed by atoms with van der Waals surface area (Å²) >= 11 is 0. The number of piperidine rings is 1. The minimum absolute atomic E-state index is 0.481. The number of nitrogens with zero attached hydrogens (tertiary/aromatic N) is 1. The molecular formula is C19H32N2. The summed E-state index contributed by atoms with van der Waals surface area (Å²) in [5.74, 6) is 0. The van der Waals surface area contributed by atoms with Gasteiger partial charge in [-0.3, -0.25) is 0 Å². The fourth-order valence-electron chi connectivity index (χ4n) is 3.59. The topological polar surface area (TPSA) is 15.3 Å². The molecule has 1 aliphatic heterocycles. The van der Waals surface area contributed by atoms with Gasteiger partial charge in [0.1, 0.15) is 0 Å². The lowest BCUT2D eigenvalue weighted by atomic mass is 9.96. The second-order valence-electron chi connectivity index (χ2n) is 6.51. The third kappa shape index (κ3) is 4.82. The highest BCUT2D eigenvalue weighted by Crippen LogP contribution is 2.23. The number of nitrogens with one attached hydrogen (secondary N) is 1. The molecule has 1 N–H and O–H groups in total. The molecule has 2 unspecified atom stereocenters. The average Bonchev–Trinajstić information content (AvgIpc) is 2.51. The van der Waals surface area contributed by atoms with Crippen LogP contribution in [-0.4, -0.2) is 31.1 Å². The lowest BCUT2D eigenvalue weighted by Crippen LogP contribution is -2.41. The fourth-order valence-corrected chi connectivity index (χ4v) is 3.59. The molecule has 1 aromatic carbocycles. The first-order valence-corrected chi connectivity index (χ1v) is 8.72. The molecule has 1 aromatic rings. The van der Waals surface area contributed by atoms with Crippen LogP contribution in [0.4, 0.5) is 0 Å². The first-order valence-electron chi connectivity index (χ1n) is 8.72. The van der Waals surface area contributed by atoms with Crippen LogP contribution in [0.25, 0.3) is 0 Å². The van der Waals surface area contributed by atoms with Crippen molar-refractivity contribution in [3.8, 4) is 0 Å². The van der Waals surface area contributed by atoms with E-state index in [9.17, 15) is 0 Å². The summed E-state index contributed by atoms with van der Waals surface area (Å²) in [6.07, 6.45) is 8.11. The summed E-state index contributed by atoms with van der Waals surface area (Å²) in [7, 11) is 2.09. The first-order chi connectivity index (χ1) is 10.2. The molecule has 0 aromatic heterocycles. The van der Waals surface area contributed by atoms with E-state index in [-0.39, 0.29) is 0 Å². The normalized spacial score (nSPS) is 21.4. The van der Waals surface area contributed by atoms with Crippen LogP contribution in [0.15, 0.2) is 24.3 Å². The molecule has 1 aliphatic rings. The molecule has 2 atom stereocenters. The number of likely N-dealkylation sites (tertiary alicyclic amines) is 1. The molecule has 21 heavy (non-hydrogen) atoms. The summed E-state index contributed by atoms with van der Waals surface area (Å²) in [6, 6.07) is 10.3. The molecular weight excluding hydrogens is 256 g/mol. The molecule has 2 nitrogen and oxygen atoms in total.